The Kier molecular flexibility index (Phi) is 4.93. The fourth-order valence-electron chi connectivity index (χ4n) is 5.55. The van der Waals surface area contributed by atoms with Gasteiger partial charge in [-0.25, -0.2) is 0 Å². The molecule has 1 N–H and O–H groups in total. The topological polar surface area (TPSA) is 59.7 Å². The lowest BCUT2D eigenvalue weighted by atomic mass is 9.72. The van der Waals surface area contributed by atoms with E-state index in [1.165, 1.54) is 12.8 Å². The summed E-state index contributed by atoms with van der Waals surface area (Å²) in [6, 6.07) is 13.5. The number of aliphatic hydroxyl groups excluding tert-OH is 1. The summed E-state index contributed by atoms with van der Waals surface area (Å²) in [6.45, 7) is 5.11. The van der Waals surface area contributed by atoms with E-state index < -0.39 is 5.41 Å². The lowest BCUT2D eigenvalue weighted by Crippen LogP contribution is -2.29. The maximum absolute atomic E-state index is 13.3. The van der Waals surface area contributed by atoms with Crippen molar-refractivity contribution in [3.63, 3.8) is 0 Å². The number of carbonyl (C=O) groups excluding carboxylic acids is 1. The van der Waals surface area contributed by atoms with E-state index in [0.717, 1.165) is 59.3 Å². The van der Waals surface area contributed by atoms with Crippen LogP contribution in [0.1, 0.15) is 79.6 Å². The van der Waals surface area contributed by atoms with Crippen LogP contribution in [0.2, 0.25) is 0 Å². The van der Waals surface area contributed by atoms with Gasteiger partial charge in [-0.1, -0.05) is 31.0 Å². The Morgan fingerprint density at radius 3 is 2.65 bits per heavy atom. The molecule has 1 heterocycles. The number of fused-ring (bicyclic) bond motifs is 4. The van der Waals surface area contributed by atoms with Crippen molar-refractivity contribution >= 4 is 16.8 Å². The van der Waals surface area contributed by atoms with E-state index in [2.05, 4.69) is 13.8 Å². The highest BCUT2D eigenvalue weighted by Gasteiger charge is 2.41. The number of benzene rings is 2. The van der Waals surface area contributed by atoms with E-state index >= 15 is 0 Å². The zero-order valence-electron chi connectivity index (χ0n) is 18.4. The van der Waals surface area contributed by atoms with Crippen LogP contribution in [0.5, 0.6) is 5.75 Å². The third kappa shape index (κ3) is 3.28. The van der Waals surface area contributed by atoms with Crippen LogP contribution in [0.25, 0.3) is 11.0 Å². The Labute approximate surface area is 183 Å². The second-order valence-corrected chi connectivity index (χ2v) is 9.78. The molecule has 162 valence electrons. The standard InChI is InChI=1S/C27H30O4/c1-26(2)21-16-18(30-15-7-14-27(17-28)12-5-6-13-27)10-11-19(21)24(29)23-20-8-3-4-9-22(20)31-25(23)26/h3-4,8-11,16,28H,5-7,12-15,17H2,1-2H3. The zero-order valence-corrected chi connectivity index (χ0v) is 18.4. The van der Waals surface area contributed by atoms with Crippen molar-refractivity contribution in [2.75, 3.05) is 13.2 Å². The molecular weight excluding hydrogens is 388 g/mol. The molecule has 2 aromatic carbocycles. The second kappa shape index (κ2) is 7.52. The highest BCUT2D eigenvalue weighted by Crippen LogP contribution is 2.46. The quantitative estimate of drug-likeness (QED) is 0.498. The molecule has 5 rings (SSSR count). The highest BCUT2D eigenvalue weighted by molar-refractivity contribution is 6.19. The van der Waals surface area contributed by atoms with E-state index in [0.29, 0.717) is 12.2 Å². The molecule has 1 aromatic heterocycles. The van der Waals surface area contributed by atoms with Crippen LogP contribution in [0.4, 0.5) is 0 Å². The maximum Gasteiger partial charge on any atom is 0.197 e. The number of ether oxygens (including phenoxy) is 1. The smallest absolute Gasteiger partial charge is 0.197 e. The number of aliphatic hydroxyl groups is 1. The number of carbonyl (C=O) groups is 1. The first-order chi connectivity index (χ1) is 15.0. The van der Waals surface area contributed by atoms with Crippen molar-refractivity contribution in [3.05, 3.63) is 64.9 Å². The van der Waals surface area contributed by atoms with E-state index in [9.17, 15) is 9.90 Å². The van der Waals surface area contributed by atoms with Crippen LogP contribution >= 0.6 is 0 Å². The number of para-hydroxylation sites is 1. The molecule has 0 radical (unpaired) electrons. The molecule has 3 aromatic rings. The summed E-state index contributed by atoms with van der Waals surface area (Å²) >= 11 is 0. The molecule has 0 aliphatic heterocycles. The SMILES string of the molecule is CC1(C)c2cc(OCCCC3(CO)CCCC3)ccc2C(=O)c2c1oc1ccccc21. The van der Waals surface area contributed by atoms with Gasteiger partial charge in [0, 0.05) is 23.0 Å². The van der Waals surface area contributed by atoms with Gasteiger partial charge in [-0.15, -0.1) is 0 Å². The molecule has 0 bridgehead atoms. The predicted octanol–water partition coefficient (Wildman–Crippen LogP) is 6.01. The molecule has 4 heteroatoms. The summed E-state index contributed by atoms with van der Waals surface area (Å²) in [6.07, 6.45) is 6.61. The fraction of sp³-hybridized carbons (Fsp3) is 0.444. The van der Waals surface area contributed by atoms with Crippen LogP contribution in [-0.2, 0) is 5.41 Å². The fourth-order valence-corrected chi connectivity index (χ4v) is 5.55. The molecule has 2 aliphatic carbocycles. The molecular formula is C27H30O4. The number of ketones is 1. The van der Waals surface area contributed by atoms with Crippen LogP contribution in [0, 0.1) is 5.41 Å². The molecule has 1 fully saturated rings. The average molecular weight is 419 g/mol. The van der Waals surface area contributed by atoms with Gasteiger partial charge in [0.15, 0.2) is 5.78 Å². The molecule has 31 heavy (non-hydrogen) atoms. The third-order valence-electron chi connectivity index (χ3n) is 7.42. The van der Waals surface area contributed by atoms with Gasteiger partial charge in [0.1, 0.15) is 17.1 Å². The number of hydrogen-bond donors (Lipinski definition) is 1. The molecule has 0 atom stereocenters. The van der Waals surface area contributed by atoms with Gasteiger partial charge in [-0.2, -0.15) is 0 Å². The highest BCUT2D eigenvalue weighted by atomic mass is 16.5. The Morgan fingerprint density at radius 1 is 1.10 bits per heavy atom. The van der Waals surface area contributed by atoms with Gasteiger partial charge in [-0.05, 0) is 74.8 Å². The Balaban J connectivity index is 1.37. The summed E-state index contributed by atoms with van der Waals surface area (Å²) in [4.78, 5) is 13.3. The molecule has 0 spiro atoms. The van der Waals surface area contributed by atoms with Gasteiger partial charge in [0.2, 0.25) is 0 Å². The van der Waals surface area contributed by atoms with Crippen LogP contribution in [0.3, 0.4) is 0 Å². The monoisotopic (exact) mass is 418 g/mol. The van der Waals surface area contributed by atoms with E-state index in [-0.39, 0.29) is 17.8 Å². The zero-order chi connectivity index (χ0) is 21.6. The molecule has 0 amide bonds. The Morgan fingerprint density at radius 2 is 1.87 bits per heavy atom. The summed E-state index contributed by atoms with van der Waals surface area (Å²) in [7, 11) is 0. The second-order valence-electron chi connectivity index (χ2n) is 9.78. The van der Waals surface area contributed by atoms with Gasteiger partial charge in [0.25, 0.3) is 0 Å². The van der Waals surface area contributed by atoms with Crippen molar-refractivity contribution in [2.24, 2.45) is 5.41 Å². The van der Waals surface area contributed by atoms with Crippen molar-refractivity contribution in [1.29, 1.82) is 0 Å². The molecule has 2 aliphatic rings. The summed E-state index contributed by atoms with van der Waals surface area (Å²) in [5, 5.41) is 10.7. The normalized spacial score (nSPS) is 18.7. The first-order valence-electron chi connectivity index (χ1n) is 11.4. The van der Waals surface area contributed by atoms with Crippen molar-refractivity contribution in [1.82, 2.24) is 0 Å². The van der Waals surface area contributed by atoms with Crippen LogP contribution < -0.4 is 4.74 Å². The minimum absolute atomic E-state index is 0.0203. The van der Waals surface area contributed by atoms with E-state index in [1.807, 2.05) is 42.5 Å². The van der Waals surface area contributed by atoms with Crippen LogP contribution in [0.15, 0.2) is 46.9 Å². The van der Waals surface area contributed by atoms with Crippen LogP contribution in [-0.4, -0.2) is 24.1 Å². The third-order valence-corrected chi connectivity index (χ3v) is 7.42. The van der Waals surface area contributed by atoms with Gasteiger partial charge in [0.05, 0.1) is 12.2 Å². The Bertz CT molecular complexity index is 1130. The average Bonchev–Trinajstić information content (AvgIpc) is 3.41. The van der Waals surface area contributed by atoms with Crippen molar-refractivity contribution < 1.29 is 19.1 Å². The lowest BCUT2D eigenvalue weighted by Gasteiger charge is -2.31. The Hall–Kier alpha value is -2.59. The molecule has 1 saturated carbocycles. The molecule has 0 unspecified atom stereocenters. The lowest BCUT2D eigenvalue weighted by molar-refractivity contribution is 0.102. The number of rotatable bonds is 6. The number of furan rings is 1. The van der Waals surface area contributed by atoms with E-state index in [1.54, 1.807) is 0 Å². The summed E-state index contributed by atoms with van der Waals surface area (Å²) < 4.78 is 12.2. The van der Waals surface area contributed by atoms with Gasteiger partial charge in [-0.3, -0.25) is 4.79 Å². The van der Waals surface area contributed by atoms with E-state index in [4.69, 9.17) is 9.15 Å². The van der Waals surface area contributed by atoms with Gasteiger partial charge < -0.3 is 14.3 Å². The molecule has 0 saturated heterocycles. The van der Waals surface area contributed by atoms with Crippen molar-refractivity contribution in [2.45, 2.75) is 57.8 Å². The molecule has 4 nitrogen and oxygen atoms in total. The minimum atomic E-state index is -0.429. The predicted molar refractivity (Wildman–Crippen MR) is 121 cm³/mol. The number of hydrogen-bond acceptors (Lipinski definition) is 4. The first kappa shape index (κ1) is 20.3. The van der Waals surface area contributed by atoms with Gasteiger partial charge >= 0.3 is 0 Å². The first-order valence-corrected chi connectivity index (χ1v) is 11.4. The summed E-state index contributed by atoms with van der Waals surface area (Å²) in [5.74, 6) is 1.53. The largest absolute Gasteiger partial charge is 0.494 e. The minimum Gasteiger partial charge on any atom is -0.494 e. The summed E-state index contributed by atoms with van der Waals surface area (Å²) in [5.41, 5.74) is 2.79. The maximum atomic E-state index is 13.3. The van der Waals surface area contributed by atoms with Crippen molar-refractivity contribution in [3.8, 4) is 5.75 Å².